The van der Waals surface area contributed by atoms with Crippen molar-refractivity contribution >= 4 is 30.1 Å². The van der Waals surface area contributed by atoms with E-state index in [1.807, 2.05) is 6.07 Å². The maximum absolute atomic E-state index is 12.8. The lowest BCUT2D eigenvalue weighted by Gasteiger charge is -2.19. The molecule has 254 valence electrons. The van der Waals surface area contributed by atoms with E-state index in [0.29, 0.717) is 11.5 Å². The number of carbonyl (C=O) groups excluding carboxylic acids is 5. The number of benzene rings is 2. The Morgan fingerprint density at radius 1 is 0.638 bits per heavy atom. The fraction of sp³-hybridized carbons (Fsp3) is 0.344. The van der Waals surface area contributed by atoms with E-state index in [2.05, 4.69) is 23.8 Å². The van der Waals surface area contributed by atoms with Gasteiger partial charge in [0.25, 0.3) is 0 Å². The minimum Gasteiger partial charge on any atom is -0.491 e. The molecule has 0 aliphatic rings. The number of rotatable bonds is 22. The first-order valence-electron chi connectivity index (χ1n) is 14.4. The minimum atomic E-state index is -0.969. The van der Waals surface area contributed by atoms with Crippen LogP contribution in [0.3, 0.4) is 0 Å². The molecular formula is C32H38N2O13. The second-order valence-corrected chi connectivity index (χ2v) is 8.97. The molecule has 1 atom stereocenters. The van der Waals surface area contributed by atoms with Crippen LogP contribution in [-0.4, -0.2) is 102 Å². The molecule has 0 heterocycles. The number of esters is 3. The van der Waals surface area contributed by atoms with Gasteiger partial charge in [0.2, 0.25) is 0 Å². The third-order valence-corrected chi connectivity index (χ3v) is 5.44. The van der Waals surface area contributed by atoms with Crippen LogP contribution in [0.2, 0.25) is 0 Å². The van der Waals surface area contributed by atoms with E-state index in [1.54, 1.807) is 36.4 Å². The zero-order valence-corrected chi connectivity index (χ0v) is 25.7. The van der Waals surface area contributed by atoms with Gasteiger partial charge in [0.15, 0.2) is 6.10 Å². The summed E-state index contributed by atoms with van der Waals surface area (Å²) in [5.41, 5.74) is 0.193. The molecular weight excluding hydrogens is 620 g/mol. The summed E-state index contributed by atoms with van der Waals surface area (Å²) >= 11 is 0. The van der Waals surface area contributed by atoms with Gasteiger partial charge in [-0.05, 0) is 30.3 Å². The summed E-state index contributed by atoms with van der Waals surface area (Å²) < 4.78 is 41.8. The van der Waals surface area contributed by atoms with E-state index in [4.69, 9.17) is 37.9 Å². The molecule has 2 rings (SSSR count). The second kappa shape index (κ2) is 22.9. The van der Waals surface area contributed by atoms with Crippen molar-refractivity contribution in [1.82, 2.24) is 10.6 Å². The highest BCUT2D eigenvalue weighted by Crippen LogP contribution is 2.15. The number of para-hydroxylation sites is 1. The highest BCUT2D eigenvalue weighted by molar-refractivity contribution is 5.89. The van der Waals surface area contributed by atoms with Crippen molar-refractivity contribution in [2.45, 2.75) is 6.10 Å². The van der Waals surface area contributed by atoms with Gasteiger partial charge in [0.05, 0.1) is 31.9 Å². The van der Waals surface area contributed by atoms with E-state index >= 15 is 0 Å². The number of carbonyl (C=O) groups is 5. The lowest BCUT2D eigenvalue weighted by Crippen LogP contribution is -2.36. The van der Waals surface area contributed by atoms with E-state index < -0.39 is 36.2 Å². The van der Waals surface area contributed by atoms with Crippen LogP contribution in [0.15, 0.2) is 79.9 Å². The number of amides is 2. The Morgan fingerprint density at radius 3 is 1.96 bits per heavy atom. The van der Waals surface area contributed by atoms with Crippen molar-refractivity contribution in [2.24, 2.45) is 0 Å². The normalized spacial score (nSPS) is 10.7. The Balaban J connectivity index is 1.73. The average molecular weight is 659 g/mol. The Bertz CT molecular complexity index is 1300. The van der Waals surface area contributed by atoms with E-state index in [-0.39, 0.29) is 71.5 Å². The third-order valence-electron chi connectivity index (χ3n) is 5.44. The van der Waals surface area contributed by atoms with Gasteiger partial charge < -0.3 is 48.5 Å². The predicted molar refractivity (Wildman–Crippen MR) is 165 cm³/mol. The quantitative estimate of drug-likeness (QED) is 0.0816. The first-order chi connectivity index (χ1) is 22.8. The molecule has 47 heavy (non-hydrogen) atoms. The van der Waals surface area contributed by atoms with Gasteiger partial charge in [-0.2, -0.15) is 0 Å². The topological polar surface area (TPSA) is 183 Å². The standard InChI is InChI=1S/C32H38N2O13/c1-3-28(35)42-15-13-33-31(38)44-20-18-40-17-19-41-26-12-8-9-24(21-26)30(37)46-23-27(22-45-25-10-6-5-7-11-25)47-32(39)34-14-16-43-29(36)4-2/h3-12,21,27H,1-2,13-20,22-23H2,(H,33,38)(H,34,39). The van der Waals surface area contributed by atoms with Crippen LogP contribution in [0.4, 0.5) is 9.59 Å². The number of alkyl carbamates (subject to hydrolysis) is 2. The van der Waals surface area contributed by atoms with Crippen molar-refractivity contribution in [3.05, 3.63) is 85.5 Å². The Hall–Kier alpha value is -5.57. The molecule has 15 nitrogen and oxygen atoms in total. The monoisotopic (exact) mass is 658 g/mol. The van der Waals surface area contributed by atoms with Crippen molar-refractivity contribution in [1.29, 1.82) is 0 Å². The third kappa shape index (κ3) is 17.5. The molecule has 0 bridgehead atoms. The average Bonchev–Trinajstić information content (AvgIpc) is 3.09. The molecule has 15 heteroatoms. The molecule has 2 aromatic rings. The summed E-state index contributed by atoms with van der Waals surface area (Å²) in [4.78, 5) is 58.6. The smallest absolute Gasteiger partial charge is 0.407 e. The molecule has 0 aromatic heterocycles. The van der Waals surface area contributed by atoms with Crippen LogP contribution in [-0.2, 0) is 38.0 Å². The molecule has 0 spiro atoms. The van der Waals surface area contributed by atoms with Gasteiger partial charge in [-0.25, -0.2) is 24.0 Å². The zero-order valence-electron chi connectivity index (χ0n) is 25.7. The van der Waals surface area contributed by atoms with E-state index in [0.717, 1.165) is 12.2 Å². The summed E-state index contributed by atoms with van der Waals surface area (Å²) in [7, 11) is 0. The summed E-state index contributed by atoms with van der Waals surface area (Å²) in [5.74, 6) is -0.998. The predicted octanol–water partition coefficient (Wildman–Crippen LogP) is 2.60. The molecule has 0 fully saturated rings. The number of nitrogens with one attached hydrogen (secondary N) is 2. The van der Waals surface area contributed by atoms with Crippen LogP contribution in [0.25, 0.3) is 0 Å². The Kier molecular flexibility index (Phi) is 18.3. The molecule has 1 unspecified atom stereocenters. The van der Waals surface area contributed by atoms with Crippen LogP contribution < -0.4 is 20.1 Å². The van der Waals surface area contributed by atoms with Gasteiger partial charge in [-0.15, -0.1) is 0 Å². The summed E-state index contributed by atoms with van der Waals surface area (Å²) in [6, 6.07) is 15.1. The number of hydrogen-bond donors (Lipinski definition) is 2. The van der Waals surface area contributed by atoms with Gasteiger partial charge in [-0.1, -0.05) is 37.4 Å². The molecule has 0 aliphatic heterocycles. The Morgan fingerprint density at radius 2 is 1.28 bits per heavy atom. The van der Waals surface area contributed by atoms with E-state index in [1.165, 1.54) is 12.1 Å². The second-order valence-electron chi connectivity index (χ2n) is 8.97. The van der Waals surface area contributed by atoms with Crippen LogP contribution >= 0.6 is 0 Å². The first-order valence-corrected chi connectivity index (χ1v) is 14.4. The van der Waals surface area contributed by atoms with Gasteiger partial charge >= 0.3 is 30.1 Å². The summed E-state index contributed by atoms with van der Waals surface area (Å²) in [6.07, 6.45) is -0.456. The maximum atomic E-state index is 12.8. The highest BCUT2D eigenvalue weighted by atomic mass is 16.6. The summed E-state index contributed by atoms with van der Waals surface area (Å²) in [5, 5.41) is 4.85. The molecule has 2 aromatic carbocycles. The van der Waals surface area contributed by atoms with Crippen LogP contribution in [0.5, 0.6) is 11.5 Å². The van der Waals surface area contributed by atoms with Crippen molar-refractivity contribution < 1.29 is 61.9 Å². The number of ether oxygens (including phenoxy) is 8. The zero-order chi connectivity index (χ0) is 34.1. The fourth-order valence-corrected chi connectivity index (χ4v) is 3.27. The molecule has 2 N–H and O–H groups in total. The van der Waals surface area contributed by atoms with E-state index in [9.17, 15) is 24.0 Å². The van der Waals surface area contributed by atoms with Gasteiger partial charge in [-0.3, -0.25) is 0 Å². The maximum Gasteiger partial charge on any atom is 0.407 e. The largest absolute Gasteiger partial charge is 0.491 e. The number of hydrogen-bond acceptors (Lipinski definition) is 13. The summed E-state index contributed by atoms with van der Waals surface area (Å²) in [6.45, 7) is 6.54. The lowest BCUT2D eigenvalue weighted by molar-refractivity contribution is -0.138. The van der Waals surface area contributed by atoms with Crippen molar-refractivity contribution in [3.8, 4) is 11.5 Å². The molecule has 2 amide bonds. The van der Waals surface area contributed by atoms with Gasteiger partial charge in [0, 0.05) is 12.2 Å². The fourth-order valence-electron chi connectivity index (χ4n) is 3.27. The first kappa shape index (κ1) is 37.6. The molecule has 0 saturated carbocycles. The minimum absolute atomic E-state index is 0.00643. The van der Waals surface area contributed by atoms with Crippen LogP contribution in [0, 0.1) is 0 Å². The molecule has 0 radical (unpaired) electrons. The van der Waals surface area contributed by atoms with Crippen molar-refractivity contribution in [3.63, 3.8) is 0 Å². The Labute approximate surface area is 271 Å². The highest BCUT2D eigenvalue weighted by Gasteiger charge is 2.19. The van der Waals surface area contributed by atoms with Crippen molar-refractivity contribution in [2.75, 3.05) is 65.9 Å². The van der Waals surface area contributed by atoms with Crippen LogP contribution in [0.1, 0.15) is 10.4 Å². The SMILES string of the molecule is C=CC(=O)OCCNC(=O)OCCOCCOc1cccc(C(=O)OCC(COc2ccccc2)OC(=O)NCCOC(=O)C=C)c1. The van der Waals surface area contributed by atoms with Gasteiger partial charge in [0.1, 0.15) is 51.1 Å². The molecule has 0 saturated heterocycles. The molecule has 0 aliphatic carbocycles. The lowest BCUT2D eigenvalue weighted by atomic mass is 10.2.